The first-order valence-corrected chi connectivity index (χ1v) is 12.6. The molecule has 0 unspecified atom stereocenters. The average molecular weight is 471 g/mol. The van der Waals surface area contributed by atoms with Crippen LogP contribution in [0.4, 0.5) is 5.13 Å². The largest absolute Gasteiger partial charge is 0.492 e. The first-order valence-electron chi connectivity index (χ1n) is 10.1. The fraction of sp³-hybridized carbons (Fsp3) is 0.217. The maximum atomic E-state index is 13.7. The fourth-order valence-electron chi connectivity index (χ4n) is 3.30. The van der Waals surface area contributed by atoms with E-state index in [1.165, 1.54) is 34.6 Å². The van der Waals surface area contributed by atoms with Crippen molar-refractivity contribution in [2.45, 2.75) is 25.3 Å². The van der Waals surface area contributed by atoms with Crippen molar-refractivity contribution in [3.63, 3.8) is 0 Å². The molecule has 0 atom stereocenters. The van der Waals surface area contributed by atoms with E-state index >= 15 is 0 Å². The highest BCUT2D eigenvalue weighted by atomic mass is 32.2. The van der Waals surface area contributed by atoms with Crippen molar-refractivity contribution >= 4 is 42.4 Å². The number of sulfone groups is 1. The van der Waals surface area contributed by atoms with Crippen molar-refractivity contribution in [2.24, 2.45) is 0 Å². The molecule has 4 rings (SSSR count). The number of aromatic nitrogens is 1. The first-order chi connectivity index (χ1) is 15.4. The van der Waals surface area contributed by atoms with E-state index in [1.807, 2.05) is 25.1 Å². The van der Waals surface area contributed by atoms with Crippen LogP contribution in [-0.4, -0.2) is 31.7 Å². The number of hydrogen-bond acceptors (Lipinski definition) is 7. The molecule has 4 aromatic rings. The molecule has 0 radical (unpaired) electrons. The summed E-state index contributed by atoms with van der Waals surface area (Å²) in [6.07, 6.45) is 1.53. The van der Waals surface area contributed by atoms with E-state index < -0.39 is 15.7 Å². The lowest BCUT2D eigenvalue weighted by Crippen LogP contribution is -2.31. The van der Waals surface area contributed by atoms with Gasteiger partial charge in [0.1, 0.15) is 17.0 Å². The van der Waals surface area contributed by atoms with Gasteiger partial charge in [-0.3, -0.25) is 9.69 Å². The van der Waals surface area contributed by atoms with Crippen LogP contribution in [0.15, 0.2) is 70.2 Å². The van der Waals surface area contributed by atoms with E-state index in [1.54, 1.807) is 31.2 Å². The summed E-state index contributed by atoms with van der Waals surface area (Å²) < 4.78 is 37.3. The van der Waals surface area contributed by atoms with E-state index in [0.717, 1.165) is 4.70 Å². The van der Waals surface area contributed by atoms with Crippen molar-refractivity contribution in [2.75, 3.05) is 17.3 Å². The van der Waals surface area contributed by atoms with Gasteiger partial charge in [-0.1, -0.05) is 36.5 Å². The molecule has 7 nitrogen and oxygen atoms in total. The smallest absolute Gasteiger partial charge is 0.261 e. The van der Waals surface area contributed by atoms with Crippen LogP contribution in [0.25, 0.3) is 10.2 Å². The summed E-state index contributed by atoms with van der Waals surface area (Å²) in [6, 6.07) is 15.4. The van der Waals surface area contributed by atoms with Crippen LogP contribution in [0.3, 0.4) is 0 Å². The maximum absolute atomic E-state index is 13.7. The molecule has 166 valence electrons. The van der Waals surface area contributed by atoms with Crippen LogP contribution in [0, 0.1) is 0 Å². The Morgan fingerprint density at radius 3 is 2.62 bits per heavy atom. The Bertz CT molecular complexity index is 1340. The number of para-hydroxylation sites is 1. The van der Waals surface area contributed by atoms with Gasteiger partial charge in [-0.15, -0.1) is 0 Å². The fourth-order valence-corrected chi connectivity index (χ4v) is 5.37. The van der Waals surface area contributed by atoms with Gasteiger partial charge in [0.25, 0.3) is 5.91 Å². The third-order valence-electron chi connectivity index (χ3n) is 4.87. The zero-order valence-electron chi connectivity index (χ0n) is 17.6. The van der Waals surface area contributed by atoms with Crippen LogP contribution in [0.1, 0.15) is 30.0 Å². The van der Waals surface area contributed by atoms with Gasteiger partial charge in [0, 0.05) is 0 Å². The summed E-state index contributed by atoms with van der Waals surface area (Å²) in [4.78, 5) is 19.8. The van der Waals surface area contributed by atoms with Gasteiger partial charge in [0.15, 0.2) is 15.0 Å². The molecule has 0 saturated heterocycles. The van der Waals surface area contributed by atoms with E-state index in [-0.39, 0.29) is 22.8 Å². The lowest BCUT2D eigenvalue weighted by molar-refractivity contribution is 0.0980. The predicted molar refractivity (Wildman–Crippen MR) is 124 cm³/mol. The number of nitrogens with zero attached hydrogens (tertiary/aromatic N) is 2. The molecule has 0 aliphatic heterocycles. The number of benzene rings is 2. The van der Waals surface area contributed by atoms with Crippen molar-refractivity contribution in [3.05, 3.63) is 72.2 Å². The molecule has 0 bridgehead atoms. The van der Waals surface area contributed by atoms with Crippen LogP contribution in [-0.2, 0) is 16.4 Å². The minimum Gasteiger partial charge on any atom is -0.492 e. The molecule has 0 aliphatic carbocycles. The van der Waals surface area contributed by atoms with Crippen molar-refractivity contribution in [1.82, 2.24) is 4.98 Å². The second kappa shape index (κ2) is 9.13. The Kier molecular flexibility index (Phi) is 6.29. The van der Waals surface area contributed by atoms with Crippen LogP contribution in [0.5, 0.6) is 5.75 Å². The minimum atomic E-state index is -3.60. The number of thiazole rings is 1. The predicted octanol–water partition coefficient (Wildman–Crippen LogP) is 4.93. The monoisotopic (exact) mass is 470 g/mol. The molecule has 2 aromatic heterocycles. The van der Waals surface area contributed by atoms with Crippen molar-refractivity contribution < 1.29 is 22.4 Å². The quantitative estimate of drug-likeness (QED) is 0.363. The molecule has 32 heavy (non-hydrogen) atoms. The summed E-state index contributed by atoms with van der Waals surface area (Å²) in [6.45, 7) is 4.04. The Morgan fingerprint density at radius 2 is 1.91 bits per heavy atom. The zero-order valence-corrected chi connectivity index (χ0v) is 19.3. The van der Waals surface area contributed by atoms with Gasteiger partial charge < -0.3 is 9.15 Å². The number of furan rings is 1. The van der Waals surface area contributed by atoms with Gasteiger partial charge in [-0.05, 0) is 43.3 Å². The Labute approximate surface area is 190 Å². The normalized spacial score (nSPS) is 11.6. The van der Waals surface area contributed by atoms with Gasteiger partial charge >= 0.3 is 0 Å². The number of fused-ring (bicyclic) bond motifs is 1. The molecule has 1 amide bonds. The molecule has 0 N–H and O–H groups in total. The molecule has 0 fully saturated rings. The van der Waals surface area contributed by atoms with E-state index in [9.17, 15) is 13.2 Å². The topological polar surface area (TPSA) is 89.7 Å². The number of amides is 1. The van der Waals surface area contributed by atoms with Gasteiger partial charge in [-0.2, -0.15) is 0 Å². The highest BCUT2D eigenvalue weighted by Gasteiger charge is 2.28. The molecule has 9 heteroatoms. The third-order valence-corrected chi connectivity index (χ3v) is 7.70. The highest BCUT2D eigenvalue weighted by molar-refractivity contribution is 7.91. The second-order valence-electron chi connectivity index (χ2n) is 6.90. The lowest BCUT2D eigenvalue weighted by Gasteiger charge is -2.20. The SMILES string of the molecule is CCOc1cccc2sc(N(Cc3ccco3)C(=O)c3ccccc3S(=O)(=O)CC)nc12. The van der Waals surface area contributed by atoms with Crippen molar-refractivity contribution in [1.29, 1.82) is 0 Å². The van der Waals surface area contributed by atoms with E-state index in [0.29, 0.717) is 28.8 Å². The number of rotatable bonds is 8. The van der Waals surface area contributed by atoms with E-state index in [4.69, 9.17) is 9.15 Å². The Morgan fingerprint density at radius 1 is 1.09 bits per heavy atom. The zero-order chi connectivity index (χ0) is 22.7. The standard InChI is InChI=1S/C23H22N2O5S2/c1-3-29-18-11-7-12-19-21(18)24-23(31-19)25(15-16-9-8-14-30-16)22(26)17-10-5-6-13-20(17)32(27,28)4-2/h5-14H,3-4,15H2,1-2H3. The summed E-state index contributed by atoms with van der Waals surface area (Å²) >= 11 is 1.33. The minimum absolute atomic E-state index is 0.00746. The molecule has 0 aliphatic rings. The number of hydrogen-bond donors (Lipinski definition) is 0. The molecule has 2 heterocycles. The Hall–Kier alpha value is -3.17. The summed E-state index contributed by atoms with van der Waals surface area (Å²) in [5.41, 5.74) is 0.756. The molecule has 0 spiro atoms. The first kappa shape index (κ1) is 22.0. The van der Waals surface area contributed by atoms with Gasteiger partial charge in [-0.25, -0.2) is 13.4 Å². The summed E-state index contributed by atoms with van der Waals surface area (Å²) in [5.74, 6) is 0.616. The third kappa shape index (κ3) is 4.26. The lowest BCUT2D eigenvalue weighted by atomic mass is 10.2. The van der Waals surface area contributed by atoms with Crippen LogP contribution in [0.2, 0.25) is 0 Å². The summed E-state index contributed by atoms with van der Waals surface area (Å²) in [5, 5.41) is 0.428. The van der Waals surface area contributed by atoms with Crippen LogP contribution < -0.4 is 9.64 Å². The van der Waals surface area contributed by atoms with Gasteiger partial charge in [0.2, 0.25) is 0 Å². The number of carbonyl (C=O) groups is 1. The average Bonchev–Trinajstić information content (AvgIpc) is 3.47. The van der Waals surface area contributed by atoms with Crippen LogP contribution >= 0.6 is 11.3 Å². The molecular weight excluding hydrogens is 448 g/mol. The van der Waals surface area contributed by atoms with E-state index in [2.05, 4.69) is 4.98 Å². The number of ether oxygens (including phenoxy) is 1. The Balaban J connectivity index is 1.84. The summed E-state index contributed by atoms with van der Waals surface area (Å²) in [7, 11) is -3.60. The highest BCUT2D eigenvalue weighted by Crippen LogP contribution is 2.36. The second-order valence-corrected chi connectivity index (χ2v) is 10.2. The number of anilines is 1. The number of carbonyl (C=O) groups excluding carboxylic acids is 1. The molecular formula is C23H22N2O5S2. The van der Waals surface area contributed by atoms with Crippen molar-refractivity contribution in [3.8, 4) is 5.75 Å². The molecule has 0 saturated carbocycles. The van der Waals surface area contributed by atoms with Gasteiger partial charge in [0.05, 0.1) is 40.3 Å². The maximum Gasteiger partial charge on any atom is 0.261 e. The molecule has 2 aromatic carbocycles.